The Hall–Kier alpha value is -1.69. The lowest BCUT2D eigenvalue weighted by Crippen LogP contribution is -2.23. The molecule has 0 fully saturated rings. The van der Waals surface area contributed by atoms with Gasteiger partial charge in [-0.3, -0.25) is 4.79 Å². The number of oxazole rings is 1. The number of rotatable bonds is 3. The second kappa shape index (κ2) is 4.67. The van der Waals surface area contributed by atoms with Gasteiger partial charge in [-0.25, -0.2) is 4.98 Å². The molecule has 2 rings (SSSR count). The number of hydrogen-bond donors (Lipinski definition) is 1. The van der Waals surface area contributed by atoms with Crippen molar-refractivity contribution in [3.63, 3.8) is 0 Å². The predicted molar refractivity (Wildman–Crippen MR) is 67.8 cm³/mol. The molecule has 1 aromatic heterocycles. The van der Waals surface area contributed by atoms with Gasteiger partial charge in [-0.2, -0.15) is 0 Å². The predicted octanol–water partition coefficient (Wildman–Crippen LogP) is 1.59. The first-order chi connectivity index (χ1) is 8.06. The smallest absolute Gasteiger partial charge is 0.257 e. The van der Waals surface area contributed by atoms with Gasteiger partial charge < -0.3 is 15.1 Å². The van der Waals surface area contributed by atoms with E-state index in [9.17, 15) is 4.79 Å². The van der Waals surface area contributed by atoms with Crippen LogP contribution in [0.5, 0.6) is 0 Å². The number of anilines is 1. The number of benzene rings is 1. The van der Waals surface area contributed by atoms with Crippen LogP contribution in [0, 0.1) is 0 Å². The van der Waals surface area contributed by atoms with Crippen LogP contribution < -0.4 is 5.73 Å². The summed E-state index contributed by atoms with van der Waals surface area (Å²) in [4.78, 5) is 17.2. The summed E-state index contributed by atoms with van der Waals surface area (Å²) in [5.41, 5.74) is 7.67. The van der Waals surface area contributed by atoms with Gasteiger partial charge in [0.1, 0.15) is 5.52 Å². The molecular formula is C11H13N3O2S. The molecule has 6 heteroatoms. The van der Waals surface area contributed by atoms with Crippen LogP contribution in [-0.2, 0) is 4.79 Å². The van der Waals surface area contributed by atoms with Crippen LogP contribution in [0.3, 0.4) is 0 Å². The van der Waals surface area contributed by atoms with Crippen molar-refractivity contribution in [1.29, 1.82) is 0 Å². The topological polar surface area (TPSA) is 72.4 Å². The third kappa shape index (κ3) is 2.71. The van der Waals surface area contributed by atoms with Crippen molar-refractivity contribution in [2.75, 3.05) is 25.6 Å². The van der Waals surface area contributed by atoms with E-state index in [0.29, 0.717) is 22.2 Å². The van der Waals surface area contributed by atoms with Gasteiger partial charge in [0, 0.05) is 25.8 Å². The van der Waals surface area contributed by atoms with Gasteiger partial charge in [-0.05, 0) is 12.1 Å². The van der Waals surface area contributed by atoms with Gasteiger partial charge in [0.15, 0.2) is 5.58 Å². The summed E-state index contributed by atoms with van der Waals surface area (Å²) >= 11 is 1.28. The van der Waals surface area contributed by atoms with E-state index in [4.69, 9.17) is 10.2 Å². The number of hydrogen-bond acceptors (Lipinski definition) is 5. The van der Waals surface area contributed by atoms with Gasteiger partial charge in [0.2, 0.25) is 5.91 Å². The summed E-state index contributed by atoms with van der Waals surface area (Å²) in [7, 11) is 3.44. The Labute approximate surface area is 103 Å². The number of fused-ring (bicyclic) bond motifs is 1. The van der Waals surface area contributed by atoms with Crippen molar-refractivity contribution in [3.8, 4) is 0 Å². The number of nitrogens with two attached hydrogens (primary N) is 1. The summed E-state index contributed by atoms with van der Waals surface area (Å²) in [6.45, 7) is 0. The Kier molecular flexibility index (Phi) is 3.23. The van der Waals surface area contributed by atoms with Crippen molar-refractivity contribution >= 4 is 34.5 Å². The van der Waals surface area contributed by atoms with E-state index in [-0.39, 0.29) is 5.91 Å². The maximum absolute atomic E-state index is 11.4. The number of nitrogens with zero attached hydrogens (tertiary/aromatic N) is 2. The molecule has 0 aliphatic carbocycles. The Morgan fingerprint density at radius 2 is 2.29 bits per heavy atom. The number of amides is 1. The van der Waals surface area contributed by atoms with Crippen LogP contribution in [0.4, 0.5) is 5.69 Å². The molecule has 0 bridgehead atoms. The zero-order valence-corrected chi connectivity index (χ0v) is 10.5. The monoisotopic (exact) mass is 251 g/mol. The lowest BCUT2D eigenvalue weighted by molar-refractivity contribution is -0.125. The first kappa shape index (κ1) is 11.8. The number of carbonyl (C=O) groups excluding carboxylic acids is 1. The molecule has 2 aromatic rings. The summed E-state index contributed by atoms with van der Waals surface area (Å²) in [6.07, 6.45) is 0. The highest BCUT2D eigenvalue weighted by atomic mass is 32.2. The molecule has 5 nitrogen and oxygen atoms in total. The summed E-state index contributed by atoms with van der Waals surface area (Å²) in [5, 5.41) is 0.487. The highest BCUT2D eigenvalue weighted by Crippen LogP contribution is 2.24. The zero-order chi connectivity index (χ0) is 12.4. The first-order valence-corrected chi connectivity index (χ1v) is 6.04. The van der Waals surface area contributed by atoms with Gasteiger partial charge >= 0.3 is 0 Å². The molecule has 0 saturated heterocycles. The van der Waals surface area contributed by atoms with E-state index in [0.717, 1.165) is 5.52 Å². The molecule has 0 aliphatic rings. The summed E-state index contributed by atoms with van der Waals surface area (Å²) < 4.78 is 5.48. The van der Waals surface area contributed by atoms with Crippen LogP contribution in [-0.4, -0.2) is 35.6 Å². The van der Waals surface area contributed by atoms with Crippen LogP contribution >= 0.6 is 11.8 Å². The highest BCUT2D eigenvalue weighted by molar-refractivity contribution is 7.99. The van der Waals surface area contributed by atoms with Crippen molar-refractivity contribution in [3.05, 3.63) is 18.2 Å². The second-order valence-electron chi connectivity index (χ2n) is 3.78. The molecule has 1 heterocycles. The molecule has 0 spiro atoms. The fraction of sp³-hybridized carbons (Fsp3) is 0.273. The molecule has 0 atom stereocenters. The first-order valence-electron chi connectivity index (χ1n) is 5.05. The molecule has 2 N–H and O–H groups in total. The molecule has 0 aliphatic heterocycles. The quantitative estimate of drug-likeness (QED) is 0.662. The Morgan fingerprint density at radius 3 is 3.00 bits per heavy atom. The minimum Gasteiger partial charge on any atom is -0.431 e. The molecule has 90 valence electrons. The maximum Gasteiger partial charge on any atom is 0.257 e. The molecule has 0 radical (unpaired) electrons. The average Bonchev–Trinajstić information content (AvgIpc) is 2.67. The van der Waals surface area contributed by atoms with Crippen molar-refractivity contribution < 1.29 is 9.21 Å². The Balaban J connectivity index is 2.12. The van der Waals surface area contributed by atoms with Crippen molar-refractivity contribution in [2.24, 2.45) is 0 Å². The van der Waals surface area contributed by atoms with Crippen LogP contribution in [0.1, 0.15) is 0 Å². The van der Waals surface area contributed by atoms with Gasteiger partial charge in [-0.1, -0.05) is 11.8 Å². The standard InChI is InChI=1S/C11H13N3O2S/c1-14(2)10(15)6-17-11-13-8-4-3-7(12)5-9(8)16-11/h3-5H,6,12H2,1-2H3. The van der Waals surface area contributed by atoms with E-state index < -0.39 is 0 Å². The molecule has 1 amide bonds. The molecule has 1 aromatic carbocycles. The van der Waals surface area contributed by atoms with E-state index in [1.807, 2.05) is 0 Å². The number of aromatic nitrogens is 1. The fourth-order valence-electron chi connectivity index (χ4n) is 1.23. The molecule has 0 saturated carbocycles. The molecular weight excluding hydrogens is 238 g/mol. The zero-order valence-electron chi connectivity index (χ0n) is 9.64. The van der Waals surface area contributed by atoms with Crippen LogP contribution in [0.15, 0.2) is 27.8 Å². The average molecular weight is 251 g/mol. The van der Waals surface area contributed by atoms with E-state index in [1.54, 1.807) is 32.3 Å². The van der Waals surface area contributed by atoms with Crippen molar-refractivity contribution in [2.45, 2.75) is 5.22 Å². The second-order valence-corrected chi connectivity index (χ2v) is 4.71. The Bertz CT molecular complexity index is 551. The normalized spacial score (nSPS) is 10.7. The SMILES string of the molecule is CN(C)C(=O)CSc1nc2ccc(N)cc2o1. The number of thioether (sulfide) groups is 1. The van der Waals surface area contributed by atoms with E-state index in [2.05, 4.69) is 4.98 Å². The molecule has 0 unspecified atom stereocenters. The number of nitrogen functional groups attached to an aromatic ring is 1. The Morgan fingerprint density at radius 1 is 1.53 bits per heavy atom. The van der Waals surface area contributed by atoms with Crippen LogP contribution in [0.25, 0.3) is 11.1 Å². The van der Waals surface area contributed by atoms with Crippen LogP contribution in [0.2, 0.25) is 0 Å². The third-order valence-electron chi connectivity index (χ3n) is 2.21. The third-order valence-corrected chi connectivity index (χ3v) is 3.02. The fourth-order valence-corrected chi connectivity index (χ4v) is 2.05. The van der Waals surface area contributed by atoms with E-state index in [1.165, 1.54) is 16.7 Å². The highest BCUT2D eigenvalue weighted by Gasteiger charge is 2.10. The van der Waals surface area contributed by atoms with E-state index >= 15 is 0 Å². The minimum absolute atomic E-state index is 0.0248. The van der Waals surface area contributed by atoms with Gasteiger partial charge in [-0.15, -0.1) is 0 Å². The lowest BCUT2D eigenvalue weighted by Gasteiger charge is -2.07. The number of carbonyl (C=O) groups is 1. The summed E-state index contributed by atoms with van der Waals surface area (Å²) in [6, 6.07) is 5.29. The van der Waals surface area contributed by atoms with Crippen molar-refractivity contribution in [1.82, 2.24) is 9.88 Å². The molecule has 17 heavy (non-hydrogen) atoms. The maximum atomic E-state index is 11.4. The minimum atomic E-state index is 0.0248. The van der Waals surface area contributed by atoms with Gasteiger partial charge in [0.05, 0.1) is 5.75 Å². The lowest BCUT2D eigenvalue weighted by atomic mass is 10.3. The van der Waals surface area contributed by atoms with Gasteiger partial charge in [0.25, 0.3) is 5.22 Å². The largest absolute Gasteiger partial charge is 0.431 e. The summed E-state index contributed by atoms with van der Waals surface area (Å²) in [5.74, 6) is 0.340.